The smallest absolute Gasteiger partial charge is 0.326 e. The van der Waals surface area contributed by atoms with Gasteiger partial charge >= 0.3 is 5.97 Å². The van der Waals surface area contributed by atoms with Crippen molar-refractivity contribution in [2.24, 2.45) is 0 Å². The summed E-state index contributed by atoms with van der Waals surface area (Å²) in [4.78, 5) is 46.2. The highest BCUT2D eigenvalue weighted by molar-refractivity contribution is 14.1. The number of nitrogens with zero attached hydrogens (tertiary/aromatic N) is 2. The molecular weight excluding hydrogens is 379 g/mol. The molecule has 7 nitrogen and oxygen atoms in total. The number of carbonyl (C=O) groups is 4. The number of rotatable bonds is 7. The summed E-state index contributed by atoms with van der Waals surface area (Å²) >= 11 is 1.90. The van der Waals surface area contributed by atoms with Crippen LogP contribution in [0.1, 0.15) is 39.0 Å². The van der Waals surface area contributed by atoms with E-state index in [1.54, 1.807) is 0 Å². The lowest BCUT2D eigenvalue weighted by Crippen LogP contribution is -2.44. The maximum Gasteiger partial charge on any atom is 0.326 e. The number of halogens is 1. The summed E-state index contributed by atoms with van der Waals surface area (Å²) in [5.74, 6) is -2.06. The Bertz CT molecular complexity index is 410. The second-order valence-electron chi connectivity index (χ2n) is 4.61. The number of likely N-dealkylation sites (tertiary alicyclic amines) is 1. The fourth-order valence-electron chi connectivity index (χ4n) is 2.05. The van der Waals surface area contributed by atoms with Crippen LogP contribution < -0.4 is 0 Å². The molecule has 1 fully saturated rings. The monoisotopic (exact) mass is 396 g/mol. The van der Waals surface area contributed by atoms with E-state index in [0.29, 0.717) is 19.4 Å². The van der Waals surface area contributed by atoms with Gasteiger partial charge in [0.05, 0.1) is 22.9 Å². The molecule has 1 unspecified atom stereocenters. The van der Waals surface area contributed by atoms with Crippen LogP contribution in [-0.2, 0) is 19.2 Å². The minimum absolute atomic E-state index is 0.0646. The Balaban J connectivity index is 2.48. The summed E-state index contributed by atoms with van der Waals surface area (Å²) in [6.45, 7) is 1.97. The number of hydrogen-bond donors (Lipinski definition) is 1. The van der Waals surface area contributed by atoms with Gasteiger partial charge in [0.15, 0.2) is 0 Å². The van der Waals surface area contributed by atoms with Crippen LogP contribution in [0.5, 0.6) is 0 Å². The molecule has 1 heterocycles. The minimum Gasteiger partial charge on any atom is -0.480 e. The fraction of sp³-hybridized carbons (Fsp3) is 0.667. The number of carbonyl (C=O) groups excluding carboxylic acids is 3. The number of carboxylic acid groups (broad SMARTS) is 1. The summed E-state index contributed by atoms with van der Waals surface area (Å²) in [6, 6.07) is -1.09. The van der Waals surface area contributed by atoms with Crippen molar-refractivity contribution in [1.29, 1.82) is 0 Å². The van der Waals surface area contributed by atoms with Crippen LogP contribution in [0.3, 0.4) is 0 Å². The Morgan fingerprint density at radius 2 is 1.85 bits per heavy atom. The maximum absolute atomic E-state index is 11.5. The summed E-state index contributed by atoms with van der Waals surface area (Å²) in [5, 5.41) is 9.15. The molecular formula is C12H17IN2O5. The first-order chi connectivity index (χ1) is 9.34. The molecule has 0 aromatic carbocycles. The van der Waals surface area contributed by atoms with E-state index < -0.39 is 23.8 Å². The molecule has 0 bridgehead atoms. The highest BCUT2D eigenvalue weighted by Gasteiger charge is 2.38. The van der Waals surface area contributed by atoms with E-state index in [0.717, 1.165) is 4.90 Å². The Morgan fingerprint density at radius 3 is 2.30 bits per heavy atom. The Morgan fingerprint density at radius 1 is 1.30 bits per heavy atom. The van der Waals surface area contributed by atoms with Gasteiger partial charge in [-0.2, -0.15) is 0 Å². The van der Waals surface area contributed by atoms with Crippen molar-refractivity contribution in [3.63, 3.8) is 0 Å². The summed E-state index contributed by atoms with van der Waals surface area (Å²) in [6.07, 6.45) is 1.56. The van der Waals surface area contributed by atoms with Crippen molar-refractivity contribution in [2.75, 3.05) is 6.54 Å². The molecule has 0 radical (unpaired) electrons. The largest absolute Gasteiger partial charge is 0.480 e. The predicted octanol–water partition coefficient (Wildman–Crippen LogP) is 0.957. The number of hydrogen-bond acceptors (Lipinski definition) is 4. The van der Waals surface area contributed by atoms with Gasteiger partial charge in [-0.3, -0.25) is 22.4 Å². The predicted molar refractivity (Wildman–Crippen MR) is 77.8 cm³/mol. The van der Waals surface area contributed by atoms with Crippen LogP contribution in [0.2, 0.25) is 0 Å². The quantitative estimate of drug-likeness (QED) is 0.299. The van der Waals surface area contributed by atoms with Crippen LogP contribution in [0.4, 0.5) is 0 Å². The normalized spacial score (nSPS) is 16.4. The van der Waals surface area contributed by atoms with Crippen molar-refractivity contribution < 1.29 is 24.3 Å². The molecule has 0 saturated carbocycles. The molecule has 1 saturated heterocycles. The third-order valence-electron chi connectivity index (χ3n) is 3.11. The Kier molecular flexibility index (Phi) is 6.37. The maximum atomic E-state index is 11.5. The molecule has 0 aliphatic carbocycles. The van der Waals surface area contributed by atoms with Crippen molar-refractivity contribution in [3.05, 3.63) is 0 Å². The van der Waals surface area contributed by atoms with E-state index in [-0.39, 0.29) is 25.2 Å². The highest BCUT2D eigenvalue weighted by Crippen LogP contribution is 2.19. The standard InChI is InChI=1S/C12H17IN2O5/c1-8(16)14(13)7-3-2-4-9(12(19)20)15-10(17)5-6-11(15)18/h9H,2-7H2,1H3,(H,19,20). The first-order valence-corrected chi connectivity index (χ1v) is 7.32. The SMILES string of the molecule is CC(=O)N(I)CCCCC(C(=O)O)N1C(=O)CCC1=O. The molecule has 8 heteroatoms. The van der Waals surface area contributed by atoms with E-state index in [2.05, 4.69) is 0 Å². The van der Waals surface area contributed by atoms with Gasteiger partial charge in [0.25, 0.3) is 0 Å². The van der Waals surface area contributed by atoms with Crippen LogP contribution in [-0.4, -0.2) is 49.4 Å². The molecule has 0 aromatic heterocycles. The van der Waals surface area contributed by atoms with E-state index in [9.17, 15) is 19.2 Å². The Hall–Kier alpha value is -1.19. The van der Waals surface area contributed by atoms with E-state index >= 15 is 0 Å². The fourth-order valence-corrected chi connectivity index (χ4v) is 2.39. The molecule has 0 spiro atoms. The zero-order valence-electron chi connectivity index (χ0n) is 11.2. The average molecular weight is 396 g/mol. The highest BCUT2D eigenvalue weighted by atomic mass is 127. The van der Waals surface area contributed by atoms with E-state index in [1.807, 2.05) is 22.9 Å². The van der Waals surface area contributed by atoms with Gasteiger partial charge in [0, 0.05) is 26.3 Å². The molecule has 1 N–H and O–H groups in total. The first-order valence-electron chi connectivity index (χ1n) is 6.36. The van der Waals surface area contributed by atoms with Crippen LogP contribution in [0.25, 0.3) is 0 Å². The van der Waals surface area contributed by atoms with Crippen molar-refractivity contribution >= 4 is 46.6 Å². The zero-order valence-corrected chi connectivity index (χ0v) is 13.3. The van der Waals surface area contributed by atoms with Gasteiger partial charge in [0.1, 0.15) is 6.04 Å². The van der Waals surface area contributed by atoms with Gasteiger partial charge in [-0.25, -0.2) is 4.79 Å². The third kappa shape index (κ3) is 4.43. The molecule has 112 valence electrons. The lowest BCUT2D eigenvalue weighted by Gasteiger charge is -2.22. The minimum atomic E-state index is -1.16. The van der Waals surface area contributed by atoms with Crippen LogP contribution in [0, 0.1) is 0 Å². The number of amides is 3. The lowest BCUT2D eigenvalue weighted by molar-refractivity contribution is -0.154. The lowest BCUT2D eigenvalue weighted by atomic mass is 10.1. The van der Waals surface area contributed by atoms with Gasteiger partial charge in [-0.05, 0) is 19.3 Å². The molecule has 3 amide bonds. The summed E-state index contributed by atoms with van der Waals surface area (Å²) < 4.78 is 1.51. The van der Waals surface area contributed by atoms with Crippen molar-refractivity contribution in [2.45, 2.75) is 45.1 Å². The van der Waals surface area contributed by atoms with Crippen molar-refractivity contribution in [1.82, 2.24) is 8.01 Å². The molecule has 0 aromatic rings. The second-order valence-corrected chi connectivity index (χ2v) is 5.78. The van der Waals surface area contributed by atoms with Gasteiger partial charge in [-0.15, -0.1) is 0 Å². The number of imide groups is 1. The third-order valence-corrected chi connectivity index (χ3v) is 4.27. The number of aliphatic carboxylic acids is 1. The average Bonchev–Trinajstić information content (AvgIpc) is 2.69. The molecule has 1 aliphatic heterocycles. The van der Waals surface area contributed by atoms with E-state index in [4.69, 9.17) is 5.11 Å². The van der Waals surface area contributed by atoms with Gasteiger partial charge in [0.2, 0.25) is 17.7 Å². The Labute approximate surface area is 130 Å². The molecule has 1 atom stereocenters. The zero-order chi connectivity index (χ0) is 15.3. The molecule has 20 heavy (non-hydrogen) atoms. The molecule has 1 aliphatic rings. The number of unbranched alkanes of at least 4 members (excludes halogenated alkanes) is 1. The van der Waals surface area contributed by atoms with Gasteiger partial charge in [-0.1, -0.05) is 0 Å². The van der Waals surface area contributed by atoms with Crippen LogP contribution >= 0.6 is 22.9 Å². The van der Waals surface area contributed by atoms with Gasteiger partial charge < -0.3 is 5.11 Å². The van der Waals surface area contributed by atoms with Crippen molar-refractivity contribution in [3.8, 4) is 0 Å². The van der Waals surface area contributed by atoms with E-state index in [1.165, 1.54) is 10.0 Å². The molecule has 1 rings (SSSR count). The number of carboxylic acids is 1. The topological polar surface area (TPSA) is 95.0 Å². The second kappa shape index (κ2) is 7.55. The summed E-state index contributed by atoms with van der Waals surface area (Å²) in [7, 11) is 0. The first kappa shape index (κ1) is 16.9. The summed E-state index contributed by atoms with van der Waals surface area (Å²) in [5.41, 5.74) is 0. The van der Waals surface area contributed by atoms with Crippen LogP contribution in [0.15, 0.2) is 0 Å².